The Morgan fingerprint density at radius 1 is 0.760 bits per heavy atom. The van der Waals surface area contributed by atoms with E-state index >= 15 is 0 Å². The highest BCUT2D eigenvalue weighted by atomic mass is 14.6. The number of anilines is 1. The lowest BCUT2D eigenvalue weighted by Gasteiger charge is -2.26. The van der Waals surface area contributed by atoms with Crippen LogP contribution in [0.3, 0.4) is 0 Å². The molecule has 0 fully saturated rings. The van der Waals surface area contributed by atoms with E-state index in [1.807, 2.05) is 48.5 Å². The van der Waals surface area contributed by atoms with Crippen LogP contribution in [0.15, 0.2) is 54.6 Å². The van der Waals surface area contributed by atoms with Gasteiger partial charge in [-0.1, -0.05) is 54.6 Å². The number of nitrogens with zero attached hydrogens (tertiary/aromatic N) is 2. The maximum atomic E-state index is 9.74. The Morgan fingerprint density at radius 3 is 2.12 bits per heavy atom. The lowest BCUT2D eigenvalue weighted by Crippen LogP contribution is -2.11. The summed E-state index contributed by atoms with van der Waals surface area (Å²) < 4.78 is 0. The topological polar surface area (TPSA) is 73.6 Å². The molecule has 0 bridgehead atoms. The second kappa shape index (κ2) is 5.82. The summed E-state index contributed by atoms with van der Waals surface area (Å²) in [6, 6.07) is 22.4. The van der Waals surface area contributed by atoms with Crippen LogP contribution in [-0.4, -0.2) is 0 Å². The van der Waals surface area contributed by atoms with Crippen LogP contribution in [0.25, 0.3) is 22.3 Å². The molecule has 118 valence electrons. The van der Waals surface area contributed by atoms with E-state index in [9.17, 15) is 10.5 Å². The van der Waals surface area contributed by atoms with Gasteiger partial charge in [0.05, 0.1) is 16.8 Å². The van der Waals surface area contributed by atoms with E-state index in [1.54, 1.807) is 0 Å². The van der Waals surface area contributed by atoms with Crippen LogP contribution >= 0.6 is 0 Å². The second-order valence-corrected chi connectivity index (χ2v) is 6.14. The molecule has 1 aliphatic rings. The summed E-state index contributed by atoms with van der Waals surface area (Å²) in [4.78, 5) is 0. The predicted molar refractivity (Wildman–Crippen MR) is 98.6 cm³/mol. The minimum atomic E-state index is 0.277. The van der Waals surface area contributed by atoms with Gasteiger partial charge in [0, 0.05) is 11.1 Å². The van der Waals surface area contributed by atoms with E-state index in [0.717, 1.165) is 40.7 Å². The van der Waals surface area contributed by atoms with Crippen LogP contribution in [0.2, 0.25) is 0 Å². The van der Waals surface area contributed by atoms with Gasteiger partial charge >= 0.3 is 0 Å². The van der Waals surface area contributed by atoms with E-state index in [0.29, 0.717) is 11.1 Å². The van der Waals surface area contributed by atoms with E-state index in [2.05, 4.69) is 18.2 Å². The first-order chi connectivity index (χ1) is 12.3. The number of benzene rings is 3. The molecule has 25 heavy (non-hydrogen) atoms. The number of nitriles is 2. The van der Waals surface area contributed by atoms with Crippen molar-refractivity contribution in [3.8, 4) is 34.4 Å². The monoisotopic (exact) mass is 321 g/mol. The average molecular weight is 321 g/mol. The maximum absolute atomic E-state index is 9.74. The third-order valence-electron chi connectivity index (χ3n) is 4.86. The zero-order valence-corrected chi connectivity index (χ0v) is 13.6. The number of aryl methyl sites for hydroxylation is 1. The van der Waals surface area contributed by atoms with Crippen LogP contribution in [0.5, 0.6) is 0 Å². The summed E-state index contributed by atoms with van der Waals surface area (Å²) >= 11 is 0. The standard InChI is InChI=1S/C22H15N3/c23-12-18-20(15-7-2-1-3-8-15)17-11-10-14-6-4-5-9-16(14)21(17)19(13-24)22(18)25/h1-9H,10-11,25H2. The smallest absolute Gasteiger partial charge is 0.102 e. The van der Waals surface area contributed by atoms with Gasteiger partial charge in [-0.05, 0) is 35.1 Å². The molecule has 0 saturated carbocycles. The van der Waals surface area contributed by atoms with Crippen molar-refractivity contribution in [1.82, 2.24) is 0 Å². The molecule has 0 aliphatic heterocycles. The molecular weight excluding hydrogens is 306 g/mol. The van der Waals surface area contributed by atoms with Gasteiger partial charge in [0.15, 0.2) is 0 Å². The molecule has 4 rings (SSSR count). The molecule has 1 aliphatic carbocycles. The zero-order chi connectivity index (χ0) is 17.4. The van der Waals surface area contributed by atoms with Crippen molar-refractivity contribution in [3.05, 3.63) is 76.9 Å². The fourth-order valence-corrected chi connectivity index (χ4v) is 3.77. The van der Waals surface area contributed by atoms with Crippen molar-refractivity contribution in [2.45, 2.75) is 12.8 Å². The molecule has 0 amide bonds. The van der Waals surface area contributed by atoms with Crippen molar-refractivity contribution in [3.63, 3.8) is 0 Å². The maximum Gasteiger partial charge on any atom is 0.102 e. The molecule has 2 N–H and O–H groups in total. The Morgan fingerprint density at radius 2 is 1.40 bits per heavy atom. The van der Waals surface area contributed by atoms with Crippen molar-refractivity contribution in [2.24, 2.45) is 0 Å². The number of nitrogen functional groups attached to an aromatic ring is 1. The van der Waals surface area contributed by atoms with Crippen molar-refractivity contribution < 1.29 is 0 Å². The first-order valence-electron chi connectivity index (χ1n) is 8.18. The van der Waals surface area contributed by atoms with Crippen molar-refractivity contribution in [1.29, 1.82) is 10.5 Å². The number of fused-ring (bicyclic) bond motifs is 3. The molecule has 3 aromatic carbocycles. The van der Waals surface area contributed by atoms with Crippen LogP contribution < -0.4 is 5.73 Å². The summed E-state index contributed by atoms with van der Waals surface area (Å²) in [7, 11) is 0. The van der Waals surface area contributed by atoms with Crippen molar-refractivity contribution in [2.75, 3.05) is 5.73 Å². The first-order valence-corrected chi connectivity index (χ1v) is 8.18. The summed E-state index contributed by atoms with van der Waals surface area (Å²) in [6.45, 7) is 0. The lowest BCUT2D eigenvalue weighted by atomic mass is 9.77. The third-order valence-corrected chi connectivity index (χ3v) is 4.86. The molecule has 3 heteroatoms. The number of hydrogen-bond donors (Lipinski definition) is 1. The van der Waals surface area contributed by atoms with Crippen LogP contribution in [0.1, 0.15) is 22.3 Å². The third kappa shape index (κ3) is 2.18. The fraction of sp³-hybridized carbons (Fsp3) is 0.0909. The van der Waals surface area contributed by atoms with Gasteiger partial charge < -0.3 is 5.73 Å². The summed E-state index contributed by atoms with van der Waals surface area (Å²) in [5.41, 5.74) is 13.4. The highest BCUT2D eigenvalue weighted by Crippen LogP contribution is 2.45. The van der Waals surface area contributed by atoms with Gasteiger partial charge in [0.25, 0.3) is 0 Å². The second-order valence-electron chi connectivity index (χ2n) is 6.14. The Balaban J connectivity index is 2.18. The molecule has 0 unspecified atom stereocenters. The lowest BCUT2D eigenvalue weighted by molar-refractivity contribution is 0.942. The predicted octanol–water partition coefficient (Wildman–Crippen LogP) is 4.44. The van der Waals surface area contributed by atoms with Gasteiger partial charge in [0.1, 0.15) is 12.1 Å². The highest BCUT2D eigenvalue weighted by molar-refractivity contribution is 5.94. The molecule has 0 spiro atoms. The molecular formula is C22H15N3. The van der Waals surface area contributed by atoms with Crippen LogP contribution in [0, 0.1) is 22.7 Å². The highest BCUT2D eigenvalue weighted by Gasteiger charge is 2.27. The molecule has 3 nitrogen and oxygen atoms in total. The zero-order valence-electron chi connectivity index (χ0n) is 13.6. The summed E-state index contributed by atoms with van der Waals surface area (Å²) in [6.07, 6.45) is 1.68. The minimum Gasteiger partial charge on any atom is -0.397 e. The van der Waals surface area contributed by atoms with Crippen LogP contribution in [0.4, 0.5) is 5.69 Å². The fourth-order valence-electron chi connectivity index (χ4n) is 3.77. The number of rotatable bonds is 1. The number of nitrogens with two attached hydrogens (primary N) is 1. The normalized spacial score (nSPS) is 11.8. The largest absolute Gasteiger partial charge is 0.397 e. The molecule has 0 atom stereocenters. The van der Waals surface area contributed by atoms with Crippen molar-refractivity contribution >= 4 is 5.69 Å². The van der Waals surface area contributed by atoms with E-state index in [-0.39, 0.29) is 5.69 Å². The summed E-state index contributed by atoms with van der Waals surface area (Å²) in [5, 5.41) is 19.5. The van der Waals surface area contributed by atoms with E-state index in [4.69, 9.17) is 5.73 Å². The molecule has 0 aromatic heterocycles. The average Bonchev–Trinajstić information content (AvgIpc) is 2.67. The summed E-state index contributed by atoms with van der Waals surface area (Å²) in [5.74, 6) is 0. The van der Waals surface area contributed by atoms with E-state index < -0.39 is 0 Å². The van der Waals surface area contributed by atoms with E-state index in [1.165, 1.54) is 5.56 Å². The molecule has 0 heterocycles. The van der Waals surface area contributed by atoms with Gasteiger partial charge in [-0.3, -0.25) is 0 Å². The Kier molecular flexibility index (Phi) is 3.49. The van der Waals surface area contributed by atoms with Gasteiger partial charge in [-0.15, -0.1) is 0 Å². The van der Waals surface area contributed by atoms with Gasteiger partial charge in [-0.25, -0.2) is 0 Å². The first kappa shape index (κ1) is 15.0. The molecule has 0 radical (unpaired) electrons. The molecule has 3 aromatic rings. The number of hydrogen-bond acceptors (Lipinski definition) is 3. The SMILES string of the molecule is N#Cc1c(N)c(C#N)c2c(c1-c1ccccc1)CCc1ccccc1-2. The minimum absolute atomic E-state index is 0.277. The Hall–Kier alpha value is -3.56. The van der Waals surface area contributed by atoms with Crippen LogP contribution in [-0.2, 0) is 12.8 Å². The Labute approximate surface area is 146 Å². The quantitative estimate of drug-likeness (QED) is 0.673. The van der Waals surface area contributed by atoms with Gasteiger partial charge in [-0.2, -0.15) is 10.5 Å². The van der Waals surface area contributed by atoms with Gasteiger partial charge in [0.2, 0.25) is 0 Å². The molecule has 0 saturated heterocycles. The Bertz CT molecular complexity index is 1030.